The molecule has 3 nitrogen and oxygen atoms in total. The van der Waals surface area contributed by atoms with E-state index >= 15 is 0 Å². The Morgan fingerprint density at radius 3 is 2.71 bits per heavy atom. The van der Waals surface area contributed by atoms with Crippen molar-refractivity contribution in [3.05, 3.63) is 29.8 Å². The highest BCUT2D eigenvalue weighted by atomic mass is 16.5. The predicted octanol–water partition coefficient (Wildman–Crippen LogP) is 2.72. The maximum Gasteiger partial charge on any atom is 0.257 e. The van der Waals surface area contributed by atoms with Gasteiger partial charge in [-0.25, -0.2) is 0 Å². The van der Waals surface area contributed by atoms with Crippen LogP contribution >= 0.6 is 0 Å². The number of amides is 1. The quantitative estimate of drug-likeness (QED) is 0.823. The molecule has 0 heterocycles. The third-order valence-corrected chi connectivity index (χ3v) is 2.47. The maximum atomic E-state index is 11.4. The van der Waals surface area contributed by atoms with Crippen LogP contribution < -0.4 is 10.1 Å². The van der Waals surface area contributed by atoms with Crippen molar-refractivity contribution < 1.29 is 9.53 Å². The summed E-state index contributed by atoms with van der Waals surface area (Å²) < 4.78 is 5.55. The number of nitrogens with one attached hydrogen (secondary N) is 1. The van der Waals surface area contributed by atoms with Crippen molar-refractivity contribution in [1.29, 1.82) is 0 Å². The van der Waals surface area contributed by atoms with Gasteiger partial charge in [0.1, 0.15) is 5.75 Å². The van der Waals surface area contributed by atoms with Gasteiger partial charge in [0.2, 0.25) is 0 Å². The zero-order valence-corrected chi connectivity index (χ0v) is 10.8. The summed E-state index contributed by atoms with van der Waals surface area (Å²) in [6, 6.07) is 7.84. The molecule has 0 radical (unpaired) electrons. The summed E-state index contributed by atoms with van der Waals surface area (Å²) in [5.74, 6) is 1.13. The molecule has 0 fully saturated rings. The zero-order valence-electron chi connectivity index (χ0n) is 10.8. The Hall–Kier alpha value is -1.51. The van der Waals surface area contributed by atoms with Crippen LogP contribution in [-0.2, 0) is 4.79 Å². The Morgan fingerprint density at radius 2 is 2.06 bits per heavy atom. The van der Waals surface area contributed by atoms with Crippen LogP contribution in [0.4, 0.5) is 0 Å². The highest BCUT2D eigenvalue weighted by molar-refractivity contribution is 5.77. The van der Waals surface area contributed by atoms with Crippen molar-refractivity contribution in [3.63, 3.8) is 0 Å². The third-order valence-electron chi connectivity index (χ3n) is 2.47. The van der Waals surface area contributed by atoms with E-state index in [1.54, 1.807) is 0 Å². The maximum absolute atomic E-state index is 11.4. The van der Waals surface area contributed by atoms with Crippen molar-refractivity contribution in [2.75, 3.05) is 13.2 Å². The average molecular weight is 235 g/mol. The molecule has 17 heavy (non-hydrogen) atoms. The standard InChI is InChI=1S/C14H21NO2/c1-4-9-15-14(16)10-17-13-8-6-5-7-12(13)11(2)3/h5-8,11H,4,9-10H2,1-3H3,(H,15,16). The van der Waals surface area contributed by atoms with Gasteiger partial charge in [0.25, 0.3) is 5.91 Å². The second kappa shape index (κ2) is 6.94. The first-order valence-corrected chi connectivity index (χ1v) is 6.13. The fraction of sp³-hybridized carbons (Fsp3) is 0.500. The minimum absolute atomic E-state index is 0.0644. The zero-order chi connectivity index (χ0) is 12.7. The molecule has 0 aliphatic rings. The summed E-state index contributed by atoms with van der Waals surface area (Å²) in [5.41, 5.74) is 1.13. The molecule has 0 saturated carbocycles. The lowest BCUT2D eigenvalue weighted by Gasteiger charge is -2.13. The number of carbonyl (C=O) groups excluding carboxylic acids is 1. The molecular formula is C14H21NO2. The predicted molar refractivity (Wildman–Crippen MR) is 69.3 cm³/mol. The normalized spacial score (nSPS) is 10.4. The van der Waals surface area contributed by atoms with Gasteiger partial charge in [-0.2, -0.15) is 0 Å². The molecule has 0 saturated heterocycles. The Balaban J connectivity index is 2.54. The summed E-state index contributed by atoms with van der Waals surface area (Å²) in [6.07, 6.45) is 0.939. The van der Waals surface area contributed by atoms with E-state index in [9.17, 15) is 4.79 Å². The largest absolute Gasteiger partial charge is 0.483 e. The third kappa shape index (κ3) is 4.47. The van der Waals surface area contributed by atoms with E-state index in [1.807, 2.05) is 31.2 Å². The molecule has 0 atom stereocenters. The lowest BCUT2D eigenvalue weighted by Crippen LogP contribution is -2.29. The average Bonchev–Trinajstić information content (AvgIpc) is 2.34. The Labute approximate surface area is 103 Å². The minimum Gasteiger partial charge on any atom is -0.483 e. The molecule has 3 heteroatoms. The topological polar surface area (TPSA) is 38.3 Å². The fourth-order valence-electron chi connectivity index (χ4n) is 1.55. The molecule has 94 valence electrons. The van der Waals surface area contributed by atoms with E-state index < -0.39 is 0 Å². The molecule has 1 amide bonds. The van der Waals surface area contributed by atoms with Gasteiger partial charge in [0, 0.05) is 6.54 Å². The number of rotatable bonds is 6. The van der Waals surface area contributed by atoms with Gasteiger partial charge < -0.3 is 10.1 Å². The molecule has 1 rings (SSSR count). The van der Waals surface area contributed by atoms with Crippen LogP contribution in [-0.4, -0.2) is 19.1 Å². The molecule has 0 bridgehead atoms. The van der Waals surface area contributed by atoms with Crippen LogP contribution in [0.25, 0.3) is 0 Å². The lowest BCUT2D eigenvalue weighted by atomic mass is 10.0. The molecule has 0 unspecified atom stereocenters. The second-order valence-electron chi connectivity index (χ2n) is 4.33. The first kappa shape index (κ1) is 13.6. The molecule has 0 aliphatic heterocycles. The summed E-state index contributed by atoms with van der Waals surface area (Å²) in [5, 5.41) is 2.79. The van der Waals surface area contributed by atoms with Crippen LogP contribution in [0.5, 0.6) is 5.75 Å². The smallest absolute Gasteiger partial charge is 0.257 e. The summed E-state index contributed by atoms with van der Waals surface area (Å²) in [7, 11) is 0. The summed E-state index contributed by atoms with van der Waals surface area (Å²) in [6.45, 7) is 7.03. The Morgan fingerprint density at radius 1 is 1.35 bits per heavy atom. The van der Waals surface area contributed by atoms with Crippen molar-refractivity contribution in [2.45, 2.75) is 33.1 Å². The SMILES string of the molecule is CCCNC(=O)COc1ccccc1C(C)C. The monoisotopic (exact) mass is 235 g/mol. The van der Waals surface area contributed by atoms with Gasteiger partial charge in [0.05, 0.1) is 0 Å². The lowest BCUT2D eigenvalue weighted by molar-refractivity contribution is -0.123. The van der Waals surface area contributed by atoms with Crippen LogP contribution in [0.1, 0.15) is 38.7 Å². The van der Waals surface area contributed by atoms with E-state index in [4.69, 9.17) is 4.74 Å². The van der Waals surface area contributed by atoms with E-state index in [2.05, 4.69) is 19.2 Å². The number of benzene rings is 1. The van der Waals surface area contributed by atoms with Crippen molar-refractivity contribution in [2.24, 2.45) is 0 Å². The van der Waals surface area contributed by atoms with Crippen LogP contribution in [0.2, 0.25) is 0 Å². The van der Waals surface area contributed by atoms with E-state index in [0.29, 0.717) is 12.5 Å². The van der Waals surface area contributed by atoms with Gasteiger partial charge in [-0.05, 0) is 24.0 Å². The van der Waals surface area contributed by atoms with E-state index in [1.165, 1.54) is 0 Å². The highest BCUT2D eigenvalue weighted by Gasteiger charge is 2.08. The molecule has 0 aliphatic carbocycles. The number of hydrogen-bond donors (Lipinski definition) is 1. The molecule has 1 aromatic rings. The van der Waals surface area contributed by atoms with Crippen LogP contribution in [0.3, 0.4) is 0 Å². The van der Waals surface area contributed by atoms with Crippen molar-refractivity contribution in [1.82, 2.24) is 5.32 Å². The number of hydrogen-bond acceptors (Lipinski definition) is 2. The Bertz CT molecular complexity index is 361. The number of para-hydroxylation sites is 1. The van der Waals surface area contributed by atoms with Crippen molar-refractivity contribution in [3.8, 4) is 5.75 Å². The first-order valence-electron chi connectivity index (χ1n) is 6.13. The Kier molecular flexibility index (Phi) is 5.53. The molecular weight excluding hydrogens is 214 g/mol. The second-order valence-corrected chi connectivity index (χ2v) is 4.33. The van der Waals surface area contributed by atoms with E-state index in [0.717, 1.165) is 17.7 Å². The van der Waals surface area contributed by atoms with Gasteiger partial charge in [-0.15, -0.1) is 0 Å². The van der Waals surface area contributed by atoms with Crippen molar-refractivity contribution >= 4 is 5.91 Å². The molecule has 0 aromatic heterocycles. The summed E-state index contributed by atoms with van der Waals surface area (Å²) in [4.78, 5) is 11.4. The van der Waals surface area contributed by atoms with Gasteiger partial charge in [-0.3, -0.25) is 4.79 Å². The number of ether oxygens (including phenoxy) is 1. The minimum atomic E-state index is -0.0644. The molecule has 1 aromatic carbocycles. The fourth-order valence-corrected chi connectivity index (χ4v) is 1.55. The van der Waals surface area contributed by atoms with Gasteiger partial charge in [-0.1, -0.05) is 39.0 Å². The van der Waals surface area contributed by atoms with Crippen LogP contribution in [0, 0.1) is 0 Å². The highest BCUT2D eigenvalue weighted by Crippen LogP contribution is 2.25. The van der Waals surface area contributed by atoms with Crippen LogP contribution in [0.15, 0.2) is 24.3 Å². The molecule has 0 spiro atoms. The summed E-state index contributed by atoms with van der Waals surface area (Å²) >= 11 is 0. The molecule has 1 N–H and O–H groups in total. The van der Waals surface area contributed by atoms with E-state index in [-0.39, 0.29) is 12.5 Å². The first-order chi connectivity index (χ1) is 8.15. The van der Waals surface area contributed by atoms with Gasteiger partial charge in [0.15, 0.2) is 6.61 Å². The van der Waals surface area contributed by atoms with Gasteiger partial charge >= 0.3 is 0 Å². The number of carbonyl (C=O) groups is 1.